The summed E-state index contributed by atoms with van der Waals surface area (Å²) in [6.07, 6.45) is 0.609. The lowest BCUT2D eigenvalue weighted by molar-refractivity contribution is -0.117. The summed E-state index contributed by atoms with van der Waals surface area (Å²) in [6, 6.07) is 20.8. The Morgan fingerprint density at radius 2 is 1.39 bits per heavy atom. The Hall–Kier alpha value is -3.51. The molecule has 0 spiro atoms. The molecule has 1 aliphatic rings. The van der Waals surface area contributed by atoms with Crippen LogP contribution in [0.3, 0.4) is 0 Å². The second kappa shape index (κ2) is 10.2. The lowest BCUT2D eigenvalue weighted by Gasteiger charge is -2.43. The molecule has 188 valence electrons. The van der Waals surface area contributed by atoms with Crippen LogP contribution in [-0.4, -0.2) is 46.0 Å². The number of benzene rings is 3. The van der Waals surface area contributed by atoms with Crippen molar-refractivity contribution in [2.75, 3.05) is 47.8 Å². The van der Waals surface area contributed by atoms with Crippen molar-refractivity contribution in [2.45, 2.75) is 32.4 Å². The van der Waals surface area contributed by atoms with Gasteiger partial charge in [-0.1, -0.05) is 17.7 Å². The lowest BCUT2D eigenvalue weighted by Crippen LogP contribution is -2.47. The molecule has 2 atom stereocenters. The van der Waals surface area contributed by atoms with E-state index < -0.39 is 0 Å². The molecule has 36 heavy (non-hydrogen) atoms. The molecule has 3 aromatic rings. The fourth-order valence-electron chi connectivity index (χ4n) is 4.87. The van der Waals surface area contributed by atoms with Crippen LogP contribution in [0, 0.1) is 0 Å². The van der Waals surface area contributed by atoms with Crippen molar-refractivity contribution in [1.29, 1.82) is 0 Å². The fraction of sp³-hybridized carbons (Fsp3) is 0.310. The van der Waals surface area contributed by atoms with Gasteiger partial charge in [0.25, 0.3) is 5.91 Å². The Morgan fingerprint density at radius 3 is 1.94 bits per heavy atom. The Balaban J connectivity index is 1.81. The highest BCUT2D eigenvalue weighted by molar-refractivity contribution is 6.30. The summed E-state index contributed by atoms with van der Waals surface area (Å²) in [6.45, 7) is 3.63. The van der Waals surface area contributed by atoms with Crippen LogP contribution < -0.4 is 19.6 Å². The molecular weight excluding hydrogens is 472 g/mol. The SMILES string of the molecule is CC(=O)N(c1ccc(Cl)cc1)[C@@H]1C[C@H](C)N(C(=O)c2ccc(N(C)C)cc2)c2cc(N(C)C)ccc21. The fourth-order valence-corrected chi connectivity index (χ4v) is 5.00. The molecule has 4 rings (SSSR count). The number of hydrogen-bond donors (Lipinski definition) is 0. The molecule has 0 N–H and O–H groups in total. The molecule has 6 nitrogen and oxygen atoms in total. The summed E-state index contributed by atoms with van der Waals surface area (Å²) in [4.78, 5) is 34.5. The number of hydrogen-bond acceptors (Lipinski definition) is 4. The first-order valence-corrected chi connectivity index (χ1v) is 12.4. The Morgan fingerprint density at radius 1 is 0.833 bits per heavy atom. The van der Waals surface area contributed by atoms with E-state index in [4.69, 9.17) is 11.6 Å². The summed E-state index contributed by atoms with van der Waals surface area (Å²) in [5, 5.41) is 0.618. The number of rotatable bonds is 5. The number of halogens is 1. The van der Waals surface area contributed by atoms with Crippen molar-refractivity contribution in [3.63, 3.8) is 0 Å². The van der Waals surface area contributed by atoms with Crippen molar-refractivity contribution in [2.24, 2.45) is 0 Å². The molecular formula is C29H33ClN4O2. The maximum absolute atomic E-state index is 13.9. The average Bonchev–Trinajstić information content (AvgIpc) is 2.84. The highest BCUT2D eigenvalue weighted by atomic mass is 35.5. The van der Waals surface area contributed by atoms with Crippen LogP contribution in [0.25, 0.3) is 0 Å². The van der Waals surface area contributed by atoms with E-state index in [1.54, 1.807) is 19.1 Å². The first-order valence-electron chi connectivity index (χ1n) is 12.1. The minimum absolute atomic E-state index is 0.0516. The van der Waals surface area contributed by atoms with E-state index in [2.05, 4.69) is 0 Å². The second-order valence-electron chi connectivity index (χ2n) is 9.72. The van der Waals surface area contributed by atoms with E-state index in [0.29, 0.717) is 17.0 Å². The zero-order valence-corrected chi connectivity index (χ0v) is 22.5. The van der Waals surface area contributed by atoms with Crippen LogP contribution in [0.1, 0.15) is 42.2 Å². The summed E-state index contributed by atoms with van der Waals surface area (Å²) in [5.74, 6) is -0.111. The summed E-state index contributed by atoms with van der Waals surface area (Å²) >= 11 is 6.12. The van der Waals surface area contributed by atoms with Gasteiger partial charge in [-0.15, -0.1) is 0 Å². The van der Waals surface area contributed by atoms with E-state index in [0.717, 1.165) is 28.3 Å². The molecule has 0 saturated heterocycles. The van der Waals surface area contributed by atoms with E-state index in [1.807, 2.05) is 109 Å². The third-order valence-corrected chi connectivity index (χ3v) is 7.01. The molecule has 0 bridgehead atoms. The van der Waals surface area contributed by atoms with Crippen LogP contribution in [0.5, 0.6) is 0 Å². The molecule has 0 unspecified atom stereocenters. The minimum atomic E-state index is -0.218. The Kier molecular flexibility index (Phi) is 7.27. The number of anilines is 4. The van der Waals surface area contributed by atoms with Crippen LogP contribution in [-0.2, 0) is 4.79 Å². The van der Waals surface area contributed by atoms with Gasteiger partial charge in [-0.3, -0.25) is 9.59 Å². The van der Waals surface area contributed by atoms with E-state index in [-0.39, 0.29) is 23.9 Å². The largest absolute Gasteiger partial charge is 0.378 e. The van der Waals surface area contributed by atoms with Crippen molar-refractivity contribution in [3.05, 3.63) is 82.9 Å². The Labute approximate surface area is 218 Å². The van der Waals surface area contributed by atoms with Crippen molar-refractivity contribution >= 4 is 46.2 Å². The number of amides is 2. The average molecular weight is 505 g/mol. The standard InChI is InChI=1S/C29H33ClN4O2/c1-19-17-27(34(20(2)35)24-13-9-22(30)10-14-24)26-16-15-25(32(5)6)18-28(26)33(19)29(36)21-7-11-23(12-8-21)31(3)4/h7-16,18-19,27H,17H2,1-6H3/t19-,27+/m0/s1. The number of fused-ring (bicyclic) bond motifs is 1. The van der Waals surface area contributed by atoms with Crippen LogP contribution in [0.15, 0.2) is 66.7 Å². The van der Waals surface area contributed by atoms with E-state index in [9.17, 15) is 9.59 Å². The van der Waals surface area contributed by atoms with Gasteiger partial charge in [0, 0.05) is 68.8 Å². The van der Waals surface area contributed by atoms with Crippen LogP contribution >= 0.6 is 11.6 Å². The molecule has 1 aliphatic heterocycles. The predicted molar refractivity (Wildman–Crippen MR) is 150 cm³/mol. The number of nitrogens with zero attached hydrogens (tertiary/aromatic N) is 4. The maximum atomic E-state index is 13.9. The van der Waals surface area contributed by atoms with Crippen molar-refractivity contribution in [1.82, 2.24) is 0 Å². The van der Waals surface area contributed by atoms with Gasteiger partial charge < -0.3 is 19.6 Å². The maximum Gasteiger partial charge on any atom is 0.258 e. The molecule has 2 amide bonds. The third-order valence-electron chi connectivity index (χ3n) is 6.76. The molecule has 0 aromatic heterocycles. The zero-order valence-electron chi connectivity index (χ0n) is 21.7. The topological polar surface area (TPSA) is 47.1 Å². The first kappa shape index (κ1) is 25.6. The van der Waals surface area contributed by atoms with Gasteiger partial charge in [-0.05, 0) is 79.6 Å². The monoisotopic (exact) mass is 504 g/mol. The second-order valence-corrected chi connectivity index (χ2v) is 10.2. The molecule has 0 saturated carbocycles. The molecule has 7 heteroatoms. The number of carbonyl (C=O) groups excluding carboxylic acids is 2. The highest BCUT2D eigenvalue weighted by Crippen LogP contribution is 2.44. The number of carbonyl (C=O) groups is 2. The summed E-state index contributed by atoms with van der Waals surface area (Å²) in [7, 11) is 7.91. The quantitative estimate of drug-likeness (QED) is 0.427. The van der Waals surface area contributed by atoms with Crippen LogP contribution in [0.4, 0.5) is 22.7 Å². The van der Waals surface area contributed by atoms with E-state index in [1.165, 1.54) is 0 Å². The van der Waals surface area contributed by atoms with Gasteiger partial charge in [-0.2, -0.15) is 0 Å². The van der Waals surface area contributed by atoms with Crippen molar-refractivity contribution in [3.8, 4) is 0 Å². The van der Waals surface area contributed by atoms with E-state index >= 15 is 0 Å². The van der Waals surface area contributed by atoms with Gasteiger partial charge >= 0.3 is 0 Å². The molecule has 0 aliphatic carbocycles. The highest BCUT2D eigenvalue weighted by Gasteiger charge is 2.38. The Bertz CT molecular complexity index is 1260. The van der Waals surface area contributed by atoms with Gasteiger partial charge in [0.1, 0.15) is 0 Å². The van der Waals surface area contributed by atoms with Gasteiger partial charge in [0.2, 0.25) is 5.91 Å². The van der Waals surface area contributed by atoms with Gasteiger partial charge in [0.15, 0.2) is 0 Å². The normalized spacial score (nSPS) is 16.8. The molecule has 0 fully saturated rings. The third kappa shape index (κ3) is 4.91. The molecule has 0 radical (unpaired) electrons. The molecule has 3 aromatic carbocycles. The zero-order chi connectivity index (χ0) is 26.1. The predicted octanol–water partition coefficient (Wildman–Crippen LogP) is 6.01. The summed E-state index contributed by atoms with van der Waals surface area (Å²) < 4.78 is 0. The first-order chi connectivity index (χ1) is 17.1. The van der Waals surface area contributed by atoms with Crippen LogP contribution in [0.2, 0.25) is 5.02 Å². The van der Waals surface area contributed by atoms with Crippen molar-refractivity contribution < 1.29 is 9.59 Å². The van der Waals surface area contributed by atoms with Gasteiger partial charge in [0.05, 0.1) is 11.7 Å². The summed E-state index contributed by atoms with van der Waals surface area (Å²) in [5.41, 5.74) is 5.21. The minimum Gasteiger partial charge on any atom is -0.378 e. The molecule has 1 heterocycles. The lowest BCUT2D eigenvalue weighted by atomic mass is 9.89. The van der Waals surface area contributed by atoms with Gasteiger partial charge in [-0.25, -0.2) is 0 Å². The smallest absolute Gasteiger partial charge is 0.258 e.